The first-order valence-corrected chi connectivity index (χ1v) is 7.55. The van der Waals surface area contributed by atoms with Crippen LogP contribution in [0.2, 0.25) is 0 Å². The number of likely N-dealkylation sites (N-methyl/N-ethyl adjacent to an activating group) is 1. The summed E-state index contributed by atoms with van der Waals surface area (Å²) in [5.74, 6) is 0.0816. The van der Waals surface area contributed by atoms with Crippen molar-refractivity contribution >= 4 is 28.2 Å². The monoisotopic (exact) mass is 299 g/mol. The summed E-state index contributed by atoms with van der Waals surface area (Å²) in [4.78, 5) is 20.7. The molecule has 1 aromatic rings. The molecule has 5 N–H and O–H groups in total. The molecule has 0 spiro atoms. The summed E-state index contributed by atoms with van der Waals surface area (Å²) >= 11 is 1.30. The minimum atomic E-state index is -0.175. The van der Waals surface area contributed by atoms with Crippen molar-refractivity contribution in [1.82, 2.24) is 9.88 Å². The van der Waals surface area contributed by atoms with Gasteiger partial charge in [-0.05, 0) is 13.3 Å². The molecule has 1 atom stereocenters. The first-order chi connectivity index (χ1) is 9.56. The summed E-state index contributed by atoms with van der Waals surface area (Å²) in [5, 5.41) is 9.73. The topological polar surface area (TPSA) is 109 Å². The van der Waals surface area contributed by atoms with Crippen LogP contribution in [0.15, 0.2) is 0 Å². The highest BCUT2D eigenvalue weighted by Crippen LogP contribution is 2.31. The summed E-state index contributed by atoms with van der Waals surface area (Å²) in [6.45, 7) is 4.22. The Kier molecular flexibility index (Phi) is 4.79. The van der Waals surface area contributed by atoms with E-state index < -0.39 is 0 Å². The summed E-state index contributed by atoms with van der Waals surface area (Å²) in [7, 11) is 0. The molecule has 1 unspecified atom stereocenters. The lowest BCUT2D eigenvalue weighted by Crippen LogP contribution is -2.33. The number of rotatable bonds is 5. The van der Waals surface area contributed by atoms with Gasteiger partial charge in [0.15, 0.2) is 5.13 Å². The van der Waals surface area contributed by atoms with Crippen molar-refractivity contribution in [3.8, 4) is 0 Å². The van der Waals surface area contributed by atoms with Gasteiger partial charge in [-0.3, -0.25) is 4.79 Å². The van der Waals surface area contributed by atoms with E-state index in [0.717, 1.165) is 24.6 Å². The fourth-order valence-corrected chi connectivity index (χ4v) is 3.23. The van der Waals surface area contributed by atoms with Gasteiger partial charge in [-0.15, -0.1) is 0 Å². The van der Waals surface area contributed by atoms with Crippen LogP contribution in [0.4, 0.5) is 10.9 Å². The van der Waals surface area contributed by atoms with Crippen molar-refractivity contribution < 1.29 is 9.90 Å². The molecule has 1 aliphatic heterocycles. The van der Waals surface area contributed by atoms with Crippen molar-refractivity contribution in [2.24, 2.45) is 5.73 Å². The van der Waals surface area contributed by atoms with Crippen molar-refractivity contribution in [2.75, 3.05) is 43.4 Å². The molecule has 0 bridgehead atoms. The van der Waals surface area contributed by atoms with Crippen LogP contribution in [0.25, 0.3) is 0 Å². The quantitative estimate of drug-likeness (QED) is 0.690. The lowest BCUT2D eigenvalue weighted by atomic mass is 10.3. The fourth-order valence-electron chi connectivity index (χ4n) is 2.24. The van der Waals surface area contributed by atoms with Crippen LogP contribution in [-0.2, 0) is 0 Å². The highest BCUT2D eigenvalue weighted by Gasteiger charge is 2.26. The standard InChI is InChI=1S/C12H21N5O2S/c1-2-16(5-6-18)11(19)9-10(14)15-12(20-9)17-4-3-8(13)7-17/h8,18H,2-7,13-14H2,1H3. The molecule has 1 saturated heterocycles. The Balaban J connectivity index is 2.16. The van der Waals surface area contributed by atoms with Gasteiger partial charge in [0.1, 0.15) is 10.7 Å². The molecule has 112 valence electrons. The average molecular weight is 299 g/mol. The van der Waals surface area contributed by atoms with Gasteiger partial charge in [0.25, 0.3) is 5.91 Å². The SMILES string of the molecule is CCN(CCO)C(=O)c1sc(N2CCC(N)C2)nc1N. The van der Waals surface area contributed by atoms with E-state index in [2.05, 4.69) is 9.88 Å². The normalized spacial score (nSPS) is 18.6. The largest absolute Gasteiger partial charge is 0.395 e. The van der Waals surface area contributed by atoms with E-state index in [0.29, 0.717) is 18.0 Å². The highest BCUT2D eigenvalue weighted by atomic mass is 32.1. The van der Waals surface area contributed by atoms with E-state index in [-0.39, 0.29) is 24.4 Å². The van der Waals surface area contributed by atoms with Crippen LogP contribution in [0.5, 0.6) is 0 Å². The predicted octanol–water partition coefficient (Wildman–Crippen LogP) is -0.283. The molecule has 0 saturated carbocycles. The first-order valence-electron chi connectivity index (χ1n) is 6.73. The van der Waals surface area contributed by atoms with Crippen LogP contribution in [0.3, 0.4) is 0 Å². The third-order valence-electron chi connectivity index (χ3n) is 3.37. The Hall–Kier alpha value is -1.38. The first kappa shape index (κ1) is 15.0. The highest BCUT2D eigenvalue weighted by molar-refractivity contribution is 7.18. The zero-order valence-corrected chi connectivity index (χ0v) is 12.4. The van der Waals surface area contributed by atoms with E-state index in [1.807, 2.05) is 6.92 Å². The number of aliphatic hydroxyl groups excluding tert-OH is 1. The second-order valence-corrected chi connectivity index (χ2v) is 5.79. The van der Waals surface area contributed by atoms with Gasteiger partial charge < -0.3 is 26.4 Å². The average Bonchev–Trinajstić information content (AvgIpc) is 3.01. The van der Waals surface area contributed by atoms with Crippen molar-refractivity contribution in [1.29, 1.82) is 0 Å². The Morgan fingerprint density at radius 1 is 1.65 bits per heavy atom. The van der Waals surface area contributed by atoms with Crippen molar-refractivity contribution in [2.45, 2.75) is 19.4 Å². The van der Waals surface area contributed by atoms with Crippen LogP contribution < -0.4 is 16.4 Å². The molecule has 0 aromatic carbocycles. The van der Waals surface area contributed by atoms with E-state index >= 15 is 0 Å². The number of hydrogen-bond acceptors (Lipinski definition) is 7. The van der Waals surface area contributed by atoms with E-state index in [1.54, 1.807) is 4.90 Å². The minimum Gasteiger partial charge on any atom is -0.395 e. The van der Waals surface area contributed by atoms with Crippen LogP contribution in [0, 0.1) is 0 Å². The summed E-state index contributed by atoms with van der Waals surface area (Å²) in [5.41, 5.74) is 11.7. The zero-order chi connectivity index (χ0) is 14.7. The maximum atomic E-state index is 12.3. The molecule has 1 amide bonds. The molecule has 2 rings (SSSR count). The number of nitrogens with two attached hydrogens (primary N) is 2. The molecule has 8 heteroatoms. The molecule has 1 fully saturated rings. The zero-order valence-electron chi connectivity index (χ0n) is 11.6. The van der Waals surface area contributed by atoms with Gasteiger partial charge in [0.05, 0.1) is 6.61 Å². The third kappa shape index (κ3) is 3.02. The molecule has 7 nitrogen and oxygen atoms in total. The second kappa shape index (κ2) is 6.38. The van der Waals surface area contributed by atoms with Crippen LogP contribution >= 0.6 is 11.3 Å². The Labute approximate surface area is 122 Å². The summed E-state index contributed by atoms with van der Waals surface area (Å²) < 4.78 is 0. The number of nitrogens with zero attached hydrogens (tertiary/aromatic N) is 3. The number of nitrogen functional groups attached to an aromatic ring is 1. The maximum absolute atomic E-state index is 12.3. The molecule has 2 heterocycles. The number of thiazole rings is 1. The smallest absolute Gasteiger partial charge is 0.267 e. The number of carbonyl (C=O) groups excluding carboxylic acids is 1. The summed E-state index contributed by atoms with van der Waals surface area (Å²) in [6, 6.07) is 0.154. The van der Waals surface area contributed by atoms with Crippen molar-refractivity contribution in [3.63, 3.8) is 0 Å². The number of amides is 1. The van der Waals surface area contributed by atoms with E-state index in [9.17, 15) is 4.79 Å². The number of aromatic nitrogens is 1. The number of aliphatic hydroxyl groups is 1. The maximum Gasteiger partial charge on any atom is 0.267 e. The molecular formula is C12H21N5O2S. The van der Waals surface area contributed by atoms with E-state index in [4.69, 9.17) is 16.6 Å². The van der Waals surface area contributed by atoms with Gasteiger partial charge in [0, 0.05) is 32.2 Å². The van der Waals surface area contributed by atoms with Gasteiger partial charge in [-0.25, -0.2) is 4.98 Å². The number of carbonyl (C=O) groups is 1. The Morgan fingerprint density at radius 2 is 2.40 bits per heavy atom. The molecule has 0 aliphatic carbocycles. The van der Waals surface area contributed by atoms with E-state index in [1.165, 1.54) is 11.3 Å². The number of anilines is 2. The van der Waals surface area contributed by atoms with Crippen LogP contribution in [-0.4, -0.2) is 59.7 Å². The third-order valence-corrected chi connectivity index (χ3v) is 4.49. The predicted molar refractivity (Wildman–Crippen MR) is 80.0 cm³/mol. The Bertz CT molecular complexity index is 478. The molecule has 1 aromatic heterocycles. The van der Waals surface area contributed by atoms with Crippen molar-refractivity contribution in [3.05, 3.63) is 4.88 Å². The summed E-state index contributed by atoms with van der Waals surface area (Å²) in [6.07, 6.45) is 0.925. The van der Waals surface area contributed by atoms with Gasteiger partial charge >= 0.3 is 0 Å². The molecule has 0 radical (unpaired) electrons. The minimum absolute atomic E-state index is 0.0634. The molecular weight excluding hydrogens is 278 g/mol. The van der Waals surface area contributed by atoms with Crippen LogP contribution in [0.1, 0.15) is 23.0 Å². The lowest BCUT2D eigenvalue weighted by Gasteiger charge is -2.18. The van der Waals surface area contributed by atoms with Gasteiger partial charge in [0.2, 0.25) is 0 Å². The van der Waals surface area contributed by atoms with Gasteiger partial charge in [-0.2, -0.15) is 0 Å². The van der Waals surface area contributed by atoms with Gasteiger partial charge in [-0.1, -0.05) is 11.3 Å². The molecule has 20 heavy (non-hydrogen) atoms. The lowest BCUT2D eigenvalue weighted by molar-refractivity contribution is 0.0737. The molecule has 1 aliphatic rings. The Morgan fingerprint density at radius 3 is 2.95 bits per heavy atom. The number of hydrogen-bond donors (Lipinski definition) is 3. The fraction of sp³-hybridized carbons (Fsp3) is 0.667. The second-order valence-electron chi connectivity index (χ2n) is 4.81.